The molecule has 3 saturated carbocycles. The molecule has 2 aromatic heterocycles. The van der Waals surface area contributed by atoms with Gasteiger partial charge in [0.05, 0.1) is 37.8 Å². The molecule has 4 fully saturated rings. The van der Waals surface area contributed by atoms with Gasteiger partial charge in [0, 0.05) is 53.9 Å². The van der Waals surface area contributed by atoms with Crippen LogP contribution >= 0.6 is 0 Å². The van der Waals surface area contributed by atoms with Crippen LogP contribution in [-0.4, -0.2) is 70.8 Å². The van der Waals surface area contributed by atoms with Crippen molar-refractivity contribution in [3.05, 3.63) is 53.5 Å². The maximum absolute atomic E-state index is 12.5. The fourth-order valence-electron chi connectivity index (χ4n) is 7.49. The molecule has 0 unspecified atom stereocenters. The lowest BCUT2D eigenvalue weighted by Crippen LogP contribution is -2.71. The molecule has 3 aromatic rings. The molecule has 6 nitrogen and oxygen atoms in total. The first kappa shape index (κ1) is 22.5. The predicted octanol–water partition coefficient (Wildman–Crippen LogP) is 4.92. The highest BCUT2D eigenvalue weighted by molar-refractivity contribution is 5.85. The van der Waals surface area contributed by atoms with E-state index < -0.39 is 0 Å². The fourth-order valence-corrected chi connectivity index (χ4v) is 7.49. The second-order valence-corrected chi connectivity index (χ2v) is 11.6. The van der Waals surface area contributed by atoms with Gasteiger partial charge < -0.3 is 15.0 Å². The van der Waals surface area contributed by atoms with E-state index in [1.807, 2.05) is 6.20 Å². The maximum atomic E-state index is 12.5. The highest BCUT2D eigenvalue weighted by Crippen LogP contribution is 2.64. The van der Waals surface area contributed by atoms with Crippen LogP contribution in [-0.2, 0) is 6.42 Å². The molecule has 3 aliphatic carbocycles. The van der Waals surface area contributed by atoms with Gasteiger partial charge in [0.1, 0.15) is 11.4 Å². The molecule has 4 heterocycles. The molecule has 2 N–H and O–H groups in total. The standard InChI is InChI=1S/C29H36FN5O/c1-18-10-23-22-6-3-4-7-24(22)33-26(23)28(35(18)29-12-19(13-29)14-29)27-25(36-2)11-20(15-31-27)32-21-16-34(17-21)9-5-8-30/h3-4,6-7,11,15,18-19,21,28,32-33H,5,8-10,12-14,16-17H2,1-2H3/t18-,19?,28+,29?/m1/s1. The van der Waals surface area contributed by atoms with Gasteiger partial charge in [-0.25, -0.2) is 0 Å². The summed E-state index contributed by atoms with van der Waals surface area (Å²) in [7, 11) is 1.76. The number of anilines is 1. The Hall–Kier alpha value is -2.64. The minimum Gasteiger partial charge on any atom is -0.495 e. The summed E-state index contributed by atoms with van der Waals surface area (Å²) in [5.41, 5.74) is 6.22. The number of para-hydroxylation sites is 1. The Morgan fingerprint density at radius 3 is 2.75 bits per heavy atom. The number of alkyl halides is 1. The van der Waals surface area contributed by atoms with E-state index in [0.717, 1.165) is 49.1 Å². The number of benzene rings is 1. The quantitative estimate of drug-likeness (QED) is 0.471. The van der Waals surface area contributed by atoms with Crippen LogP contribution in [0.4, 0.5) is 10.1 Å². The number of nitrogens with zero attached hydrogens (tertiary/aromatic N) is 3. The third kappa shape index (κ3) is 3.39. The van der Waals surface area contributed by atoms with Crippen LogP contribution in [0, 0.1) is 5.92 Å². The number of fused-ring (bicyclic) bond motifs is 3. The van der Waals surface area contributed by atoms with Gasteiger partial charge in [-0.2, -0.15) is 0 Å². The lowest BCUT2D eigenvalue weighted by molar-refractivity contribution is -0.174. The van der Waals surface area contributed by atoms with E-state index in [0.29, 0.717) is 24.0 Å². The number of nitrogens with one attached hydrogen (secondary N) is 2. The molecular formula is C29H36FN5O. The second kappa shape index (κ2) is 8.45. The van der Waals surface area contributed by atoms with E-state index in [1.54, 1.807) is 7.11 Å². The molecule has 1 aromatic carbocycles. The summed E-state index contributed by atoms with van der Waals surface area (Å²) in [5, 5.41) is 4.95. The highest BCUT2D eigenvalue weighted by Gasteiger charge is 2.63. The summed E-state index contributed by atoms with van der Waals surface area (Å²) in [6.07, 6.45) is 7.59. The molecule has 5 aliphatic rings. The fraction of sp³-hybridized carbons (Fsp3) is 0.552. The molecule has 36 heavy (non-hydrogen) atoms. The first-order valence-electron chi connectivity index (χ1n) is 13.6. The Balaban J connectivity index is 1.23. The molecule has 190 valence electrons. The third-order valence-electron chi connectivity index (χ3n) is 9.22. The summed E-state index contributed by atoms with van der Waals surface area (Å²) < 4.78 is 18.5. The molecule has 7 heteroatoms. The topological polar surface area (TPSA) is 56.4 Å². The molecule has 0 radical (unpaired) electrons. The van der Waals surface area contributed by atoms with Crippen molar-refractivity contribution in [2.45, 2.75) is 62.7 Å². The SMILES string of the molecule is COc1cc(NC2CN(CCCF)C2)cnc1[C@@H]1c2[nH]c3ccccc3c2C[C@@H](C)N1C12CC(C1)C2. The Morgan fingerprint density at radius 1 is 1.22 bits per heavy atom. The number of H-pyrrole nitrogens is 1. The number of aromatic nitrogens is 2. The highest BCUT2D eigenvalue weighted by atomic mass is 19.1. The number of rotatable bonds is 8. The Kier molecular flexibility index (Phi) is 5.29. The van der Waals surface area contributed by atoms with Crippen LogP contribution in [0.1, 0.15) is 55.6 Å². The monoisotopic (exact) mass is 489 g/mol. The van der Waals surface area contributed by atoms with E-state index in [1.165, 1.54) is 41.4 Å². The maximum Gasteiger partial charge on any atom is 0.144 e. The van der Waals surface area contributed by atoms with Gasteiger partial charge in [0.2, 0.25) is 0 Å². The predicted molar refractivity (Wildman–Crippen MR) is 140 cm³/mol. The average Bonchev–Trinajstić information content (AvgIpc) is 3.17. The summed E-state index contributed by atoms with van der Waals surface area (Å²) in [4.78, 5) is 14.0. The van der Waals surface area contributed by atoms with Crippen LogP contribution in [0.25, 0.3) is 10.9 Å². The molecule has 2 aliphatic heterocycles. The van der Waals surface area contributed by atoms with E-state index in [-0.39, 0.29) is 12.7 Å². The van der Waals surface area contributed by atoms with Crippen molar-refractivity contribution in [2.24, 2.45) is 5.92 Å². The van der Waals surface area contributed by atoms with Gasteiger partial charge in [-0.1, -0.05) is 18.2 Å². The van der Waals surface area contributed by atoms with Gasteiger partial charge in [-0.05, 0) is 56.6 Å². The zero-order valence-corrected chi connectivity index (χ0v) is 21.3. The third-order valence-corrected chi connectivity index (χ3v) is 9.22. The smallest absolute Gasteiger partial charge is 0.144 e. The van der Waals surface area contributed by atoms with Crippen molar-refractivity contribution in [3.8, 4) is 5.75 Å². The zero-order valence-electron chi connectivity index (χ0n) is 21.3. The first-order chi connectivity index (χ1) is 17.6. The number of likely N-dealkylation sites (tertiary alicyclic amines) is 1. The number of hydrogen-bond donors (Lipinski definition) is 2. The Bertz CT molecular complexity index is 1270. The van der Waals surface area contributed by atoms with E-state index in [4.69, 9.17) is 9.72 Å². The van der Waals surface area contributed by atoms with Crippen LogP contribution in [0.2, 0.25) is 0 Å². The number of aromatic amines is 1. The van der Waals surface area contributed by atoms with Crippen molar-refractivity contribution in [2.75, 3.05) is 38.7 Å². The molecule has 0 spiro atoms. The van der Waals surface area contributed by atoms with E-state index >= 15 is 0 Å². The molecule has 0 amide bonds. The summed E-state index contributed by atoms with van der Waals surface area (Å²) in [6.45, 7) is 4.88. The largest absolute Gasteiger partial charge is 0.495 e. The Morgan fingerprint density at radius 2 is 2.03 bits per heavy atom. The molecule has 2 bridgehead atoms. The average molecular weight is 490 g/mol. The van der Waals surface area contributed by atoms with Crippen LogP contribution in [0.3, 0.4) is 0 Å². The van der Waals surface area contributed by atoms with Gasteiger partial charge in [0.15, 0.2) is 0 Å². The van der Waals surface area contributed by atoms with Gasteiger partial charge in [-0.15, -0.1) is 0 Å². The van der Waals surface area contributed by atoms with Crippen molar-refractivity contribution < 1.29 is 9.13 Å². The minimum atomic E-state index is -0.242. The van der Waals surface area contributed by atoms with Gasteiger partial charge in [0.25, 0.3) is 0 Å². The second-order valence-electron chi connectivity index (χ2n) is 11.6. The molecule has 2 atom stereocenters. The van der Waals surface area contributed by atoms with Crippen molar-refractivity contribution in [1.82, 2.24) is 19.8 Å². The lowest BCUT2D eigenvalue weighted by Gasteiger charge is -2.69. The number of ether oxygens (including phenoxy) is 1. The van der Waals surface area contributed by atoms with Crippen LogP contribution < -0.4 is 10.1 Å². The van der Waals surface area contributed by atoms with E-state index in [2.05, 4.69) is 57.4 Å². The molecule has 1 saturated heterocycles. The molecule has 8 rings (SSSR count). The van der Waals surface area contributed by atoms with Crippen molar-refractivity contribution in [3.63, 3.8) is 0 Å². The van der Waals surface area contributed by atoms with Gasteiger partial charge in [-0.3, -0.25) is 19.2 Å². The van der Waals surface area contributed by atoms with Crippen molar-refractivity contribution >= 4 is 16.6 Å². The van der Waals surface area contributed by atoms with Crippen molar-refractivity contribution in [1.29, 1.82) is 0 Å². The number of methoxy groups -OCH3 is 1. The zero-order chi connectivity index (χ0) is 24.4. The van der Waals surface area contributed by atoms with Crippen LogP contribution in [0.15, 0.2) is 36.5 Å². The number of pyridine rings is 1. The molecular weight excluding hydrogens is 453 g/mol. The first-order valence-corrected chi connectivity index (χ1v) is 13.6. The van der Waals surface area contributed by atoms with E-state index in [9.17, 15) is 4.39 Å². The number of halogens is 1. The Labute approximate surface area is 212 Å². The summed E-state index contributed by atoms with van der Waals surface area (Å²) in [5.74, 6) is 1.75. The normalized spacial score (nSPS) is 29.8. The number of hydrogen-bond acceptors (Lipinski definition) is 5. The minimum absolute atomic E-state index is 0.0568. The summed E-state index contributed by atoms with van der Waals surface area (Å²) in [6, 6.07) is 11.7. The summed E-state index contributed by atoms with van der Waals surface area (Å²) >= 11 is 0. The van der Waals surface area contributed by atoms with Gasteiger partial charge >= 0.3 is 0 Å². The van der Waals surface area contributed by atoms with Crippen LogP contribution in [0.5, 0.6) is 5.75 Å². The lowest BCUT2D eigenvalue weighted by atomic mass is 9.48.